The number of hydrogen-bond donors (Lipinski definition) is 1. The molecule has 0 spiro atoms. The monoisotopic (exact) mass is 541 g/mol. The van der Waals surface area contributed by atoms with Gasteiger partial charge in [-0.25, -0.2) is 4.98 Å². The molecule has 9 heteroatoms. The van der Waals surface area contributed by atoms with E-state index in [9.17, 15) is 9.59 Å². The van der Waals surface area contributed by atoms with E-state index in [1.807, 2.05) is 36.1 Å². The van der Waals surface area contributed by atoms with Gasteiger partial charge in [0.05, 0.1) is 28.0 Å². The summed E-state index contributed by atoms with van der Waals surface area (Å²) in [7, 11) is 0. The van der Waals surface area contributed by atoms with Gasteiger partial charge >= 0.3 is 0 Å². The molecule has 2 saturated heterocycles. The predicted octanol–water partition coefficient (Wildman–Crippen LogP) is 5.24. The van der Waals surface area contributed by atoms with E-state index in [1.165, 1.54) is 18.0 Å². The summed E-state index contributed by atoms with van der Waals surface area (Å²) in [6.07, 6.45) is 6.47. The van der Waals surface area contributed by atoms with Gasteiger partial charge in [0.1, 0.15) is 4.83 Å². The van der Waals surface area contributed by atoms with Crippen molar-refractivity contribution < 1.29 is 9.59 Å². The van der Waals surface area contributed by atoms with Crippen molar-refractivity contribution in [2.75, 3.05) is 36.4 Å². The maximum atomic E-state index is 13.5. The van der Waals surface area contributed by atoms with Crippen LogP contribution in [0.2, 0.25) is 0 Å². The van der Waals surface area contributed by atoms with Gasteiger partial charge in [-0.05, 0) is 78.6 Å². The molecule has 1 N–H and O–H groups in total. The van der Waals surface area contributed by atoms with Gasteiger partial charge in [0, 0.05) is 42.8 Å². The number of likely N-dealkylation sites (tertiary alicyclic amines) is 1. The number of hydrogen-bond acceptors (Lipinski definition) is 6. The normalized spacial score (nSPS) is 17.2. The lowest BCUT2D eigenvalue weighted by Crippen LogP contribution is -2.40. The molecular weight excluding hydrogens is 514 g/mol. The van der Waals surface area contributed by atoms with Crippen LogP contribution in [0.5, 0.6) is 0 Å². The molecule has 4 heterocycles. The van der Waals surface area contributed by atoms with Crippen LogP contribution < -0.4 is 10.2 Å². The number of para-hydroxylation sites is 1. The summed E-state index contributed by atoms with van der Waals surface area (Å²) in [5, 5.41) is 4.03. The molecule has 0 unspecified atom stereocenters. The van der Waals surface area contributed by atoms with Gasteiger partial charge in [-0.2, -0.15) is 4.37 Å². The fourth-order valence-corrected chi connectivity index (χ4v) is 6.09. The van der Waals surface area contributed by atoms with Crippen LogP contribution in [0, 0.1) is 12.8 Å². The SMILES string of the molecule is Cc1nsc2ncc(C(=O)N3CCCCC3)c(N3CCC(C(=O)Nc4ccccc4Br)CC3)c12. The first-order chi connectivity index (χ1) is 16.5. The van der Waals surface area contributed by atoms with Gasteiger partial charge in [-0.1, -0.05) is 12.1 Å². The molecular formula is C25H28BrN5O2S. The Morgan fingerprint density at radius 2 is 1.82 bits per heavy atom. The van der Waals surface area contributed by atoms with Crippen molar-refractivity contribution in [2.45, 2.75) is 39.0 Å². The third-order valence-corrected chi connectivity index (χ3v) is 8.37. The third kappa shape index (κ3) is 4.55. The van der Waals surface area contributed by atoms with Crippen molar-refractivity contribution >= 4 is 60.9 Å². The number of pyridine rings is 1. The van der Waals surface area contributed by atoms with E-state index in [4.69, 9.17) is 0 Å². The lowest BCUT2D eigenvalue weighted by Gasteiger charge is -2.35. The van der Waals surface area contributed by atoms with Gasteiger partial charge in [-0.3, -0.25) is 9.59 Å². The van der Waals surface area contributed by atoms with E-state index in [0.717, 1.165) is 70.5 Å². The second kappa shape index (κ2) is 10.00. The van der Waals surface area contributed by atoms with Crippen molar-refractivity contribution in [1.82, 2.24) is 14.3 Å². The number of carbonyl (C=O) groups excluding carboxylic acids is 2. The Bertz CT molecular complexity index is 1220. The molecule has 178 valence electrons. The molecule has 2 aliphatic heterocycles. The number of amides is 2. The standard InChI is InChI=1S/C25H28BrN5O2S/c1-16-21-22(18(15-27-24(21)34-29-16)25(33)31-11-5-2-6-12-31)30-13-9-17(10-14-30)23(32)28-20-8-4-3-7-19(20)26/h3-4,7-8,15,17H,2,5-6,9-14H2,1H3,(H,28,32). The predicted molar refractivity (Wildman–Crippen MR) is 140 cm³/mol. The van der Waals surface area contributed by atoms with Crippen LogP contribution in [0.15, 0.2) is 34.9 Å². The number of piperidine rings is 2. The fourth-order valence-electron chi connectivity index (χ4n) is 4.95. The first-order valence-corrected chi connectivity index (χ1v) is 13.4. The molecule has 1 aromatic carbocycles. The third-order valence-electron chi connectivity index (χ3n) is 6.83. The average molecular weight is 543 g/mol. The van der Waals surface area contributed by atoms with Crippen LogP contribution in [0.3, 0.4) is 0 Å². The van der Waals surface area contributed by atoms with Gasteiger partial charge in [0.15, 0.2) is 0 Å². The van der Waals surface area contributed by atoms with E-state index < -0.39 is 0 Å². The van der Waals surface area contributed by atoms with Crippen molar-refractivity contribution in [2.24, 2.45) is 5.92 Å². The molecule has 0 saturated carbocycles. The number of aromatic nitrogens is 2. The number of benzene rings is 1. The fraction of sp³-hybridized carbons (Fsp3) is 0.440. The molecule has 2 fully saturated rings. The Balaban J connectivity index is 1.38. The summed E-state index contributed by atoms with van der Waals surface area (Å²) in [5.74, 6) is 0.0385. The molecule has 0 bridgehead atoms. The lowest BCUT2D eigenvalue weighted by molar-refractivity contribution is -0.120. The minimum Gasteiger partial charge on any atom is -0.370 e. The molecule has 7 nitrogen and oxygen atoms in total. The number of nitrogens with one attached hydrogen (secondary N) is 1. The minimum atomic E-state index is -0.0661. The van der Waals surface area contributed by atoms with Gasteiger partial charge in [0.25, 0.3) is 5.91 Å². The Labute approximate surface area is 211 Å². The van der Waals surface area contributed by atoms with Crippen molar-refractivity contribution in [3.63, 3.8) is 0 Å². The zero-order chi connectivity index (χ0) is 23.7. The second-order valence-corrected chi connectivity index (χ2v) is 10.7. The lowest BCUT2D eigenvalue weighted by atomic mass is 9.94. The van der Waals surface area contributed by atoms with Crippen molar-refractivity contribution in [1.29, 1.82) is 0 Å². The molecule has 0 radical (unpaired) electrons. The maximum absolute atomic E-state index is 13.5. The number of carbonyl (C=O) groups is 2. The zero-order valence-corrected chi connectivity index (χ0v) is 21.6. The summed E-state index contributed by atoms with van der Waals surface area (Å²) in [5.41, 5.74) is 3.30. The average Bonchev–Trinajstić information content (AvgIpc) is 3.26. The molecule has 34 heavy (non-hydrogen) atoms. The summed E-state index contributed by atoms with van der Waals surface area (Å²) < 4.78 is 5.40. The smallest absolute Gasteiger partial charge is 0.257 e. The van der Waals surface area contributed by atoms with Crippen LogP contribution in [0.4, 0.5) is 11.4 Å². The van der Waals surface area contributed by atoms with Crippen LogP contribution in [0.25, 0.3) is 10.2 Å². The van der Waals surface area contributed by atoms with Gasteiger partial charge < -0.3 is 15.1 Å². The van der Waals surface area contributed by atoms with Crippen LogP contribution in [-0.4, -0.2) is 52.3 Å². The van der Waals surface area contributed by atoms with Crippen LogP contribution in [0.1, 0.15) is 48.2 Å². The Kier molecular flexibility index (Phi) is 6.83. The van der Waals surface area contributed by atoms with E-state index in [0.29, 0.717) is 18.7 Å². The van der Waals surface area contributed by atoms with E-state index in [1.54, 1.807) is 6.20 Å². The second-order valence-electron chi connectivity index (χ2n) is 9.05. The number of anilines is 2. The minimum absolute atomic E-state index is 0.0458. The summed E-state index contributed by atoms with van der Waals surface area (Å²) >= 11 is 4.87. The van der Waals surface area contributed by atoms with Crippen LogP contribution >= 0.6 is 27.5 Å². The molecule has 2 aromatic heterocycles. The highest BCUT2D eigenvalue weighted by Gasteiger charge is 2.31. The van der Waals surface area contributed by atoms with E-state index in [2.05, 4.69) is 35.5 Å². The summed E-state index contributed by atoms with van der Waals surface area (Å²) in [4.78, 5) is 36.1. The molecule has 0 atom stereocenters. The van der Waals surface area contributed by atoms with Gasteiger partial charge in [0.2, 0.25) is 5.91 Å². The first kappa shape index (κ1) is 23.2. The number of nitrogens with zero attached hydrogens (tertiary/aromatic N) is 4. The Morgan fingerprint density at radius 1 is 1.09 bits per heavy atom. The Hall–Kier alpha value is -2.52. The largest absolute Gasteiger partial charge is 0.370 e. The van der Waals surface area contributed by atoms with Crippen molar-refractivity contribution in [3.05, 3.63) is 46.2 Å². The summed E-state index contributed by atoms with van der Waals surface area (Å²) in [6.45, 7) is 5.01. The first-order valence-electron chi connectivity index (χ1n) is 11.9. The van der Waals surface area contributed by atoms with E-state index >= 15 is 0 Å². The zero-order valence-electron chi connectivity index (χ0n) is 19.2. The van der Waals surface area contributed by atoms with E-state index in [-0.39, 0.29) is 17.7 Å². The highest BCUT2D eigenvalue weighted by Crippen LogP contribution is 2.37. The Morgan fingerprint density at radius 3 is 2.56 bits per heavy atom. The molecule has 3 aromatic rings. The van der Waals surface area contributed by atoms with Crippen LogP contribution in [-0.2, 0) is 4.79 Å². The number of fused-ring (bicyclic) bond motifs is 1. The highest BCUT2D eigenvalue weighted by molar-refractivity contribution is 9.10. The number of halogens is 1. The van der Waals surface area contributed by atoms with Gasteiger partial charge in [-0.15, -0.1) is 0 Å². The molecule has 2 amide bonds. The topological polar surface area (TPSA) is 78.4 Å². The number of rotatable bonds is 4. The quantitative estimate of drug-likeness (QED) is 0.488. The maximum Gasteiger partial charge on any atom is 0.257 e. The highest BCUT2D eigenvalue weighted by atomic mass is 79.9. The molecule has 5 rings (SSSR count). The van der Waals surface area contributed by atoms with Crippen molar-refractivity contribution in [3.8, 4) is 0 Å². The summed E-state index contributed by atoms with van der Waals surface area (Å²) in [6, 6.07) is 7.66. The number of aryl methyl sites for hydroxylation is 1. The molecule has 2 aliphatic rings. The molecule has 0 aliphatic carbocycles.